The van der Waals surface area contributed by atoms with Gasteiger partial charge in [0.2, 0.25) is 5.91 Å². The molecule has 1 aromatic carbocycles. The molecule has 0 aliphatic heterocycles. The SMILES string of the molecule is CC(CNC(=O)CC1(O)CCCC1)Oc1ccccc1Cl. The van der Waals surface area contributed by atoms with Gasteiger partial charge in [0.1, 0.15) is 11.9 Å². The fourth-order valence-electron chi connectivity index (χ4n) is 2.63. The molecule has 5 heteroatoms. The largest absolute Gasteiger partial charge is 0.487 e. The van der Waals surface area contributed by atoms with Crippen molar-refractivity contribution < 1.29 is 14.6 Å². The van der Waals surface area contributed by atoms with Crippen molar-refractivity contribution in [3.63, 3.8) is 0 Å². The Hall–Kier alpha value is -1.26. The molecule has 1 aliphatic carbocycles. The molecule has 4 nitrogen and oxygen atoms in total. The average Bonchev–Trinajstić information content (AvgIpc) is 2.85. The maximum absolute atomic E-state index is 11.9. The van der Waals surface area contributed by atoms with Gasteiger partial charge in [-0.1, -0.05) is 36.6 Å². The summed E-state index contributed by atoms with van der Waals surface area (Å²) in [6.45, 7) is 2.26. The number of hydrogen-bond acceptors (Lipinski definition) is 3. The normalized spacial score (nSPS) is 18.2. The summed E-state index contributed by atoms with van der Waals surface area (Å²) in [6, 6.07) is 7.24. The molecule has 0 aromatic heterocycles. The Morgan fingerprint density at radius 2 is 2.10 bits per heavy atom. The third-order valence-corrected chi connectivity index (χ3v) is 4.09. The first-order chi connectivity index (χ1) is 9.98. The predicted octanol–water partition coefficient (Wildman–Crippen LogP) is 2.92. The van der Waals surface area contributed by atoms with E-state index >= 15 is 0 Å². The van der Waals surface area contributed by atoms with E-state index in [9.17, 15) is 9.90 Å². The summed E-state index contributed by atoms with van der Waals surface area (Å²) in [6.07, 6.45) is 3.40. The topological polar surface area (TPSA) is 58.6 Å². The van der Waals surface area contributed by atoms with E-state index in [2.05, 4.69) is 5.32 Å². The highest BCUT2D eigenvalue weighted by molar-refractivity contribution is 6.32. The highest BCUT2D eigenvalue weighted by atomic mass is 35.5. The molecule has 0 radical (unpaired) electrons. The maximum Gasteiger partial charge on any atom is 0.223 e. The second-order valence-corrected chi connectivity index (χ2v) is 6.18. The van der Waals surface area contributed by atoms with E-state index in [1.165, 1.54) is 0 Å². The smallest absolute Gasteiger partial charge is 0.223 e. The summed E-state index contributed by atoms with van der Waals surface area (Å²) in [4.78, 5) is 11.9. The van der Waals surface area contributed by atoms with Gasteiger partial charge in [0.05, 0.1) is 23.6 Å². The molecule has 2 N–H and O–H groups in total. The van der Waals surface area contributed by atoms with Crippen molar-refractivity contribution in [1.29, 1.82) is 0 Å². The number of halogens is 1. The summed E-state index contributed by atoms with van der Waals surface area (Å²) >= 11 is 6.02. The quantitative estimate of drug-likeness (QED) is 0.849. The van der Waals surface area contributed by atoms with Crippen LogP contribution in [0.4, 0.5) is 0 Å². The molecule has 21 heavy (non-hydrogen) atoms. The molecule has 1 amide bonds. The number of nitrogens with one attached hydrogen (secondary N) is 1. The Morgan fingerprint density at radius 1 is 1.43 bits per heavy atom. The Labute approximate surface area is 130 Å². The fraction of sp³-hybridized carbons (Fsp3) is 0.562. The van der Waals surface area contributed by atoms with Crippen molar-refractivity contribution in [3.8, 4) is 5.75 Å². The summed E-state index contributed by atoms with van der Waals surface area (Å²) in [5.41, 5.74) is -0.809. The van der Waals surface area contributed by atoms with Gasteiger partial charge >= 0.3 is 0 Å². The molecule has 1 aliphatic rings. The maximum atomic E-state index is 11.9. The predicted molar refractivity (Wildman–Crippen MR) is 82.6 cm³/mol. The third kappa shape index (κ3) is 4.90. The zero-order valence-electron chi connectivity index (χ0n) is 12.3. The molecular formula is C16H22ClNO3. The van der Waals surface area contributed by atoms with E-state index < -0.39 is 5.60 Å². The molecule has 0 bridgehead atoms. The molecule has 1 atom stereocenters. The summed E-state index contributed by atoms with van der Waals surface area (Å²) in [5, 5.41) is 13.5. The number of hydrogen-bond donors (Lipinski definition) is 2. The van der Waals surface area contributed by atoms with Crippen LogP contribution in [-0.2, 0) is 4.79 Å². The van der Waals surface area contributed by atoms with Crippen LogP contribution in [0, 0.1) is 0 Å². The zero-order valence-corrected chi connectivity index (χ0v) is 13.0. The fourth-order valence-corrected chi connectivity index (χ4v) is 2.81. The van der Waals surface area contributed by atoms with Crippen LogP contribution >= 0.6 is 11.6 Å². The van der Waals surface area contributed by atoms with Gasteiger partial charge in [-0.3, -0.25) is 4.79 Å². The lowest BCUT2D eigenvalue weighted by atomic mass is 9.98. The molecule has 1 saturated carbocycles. The van der Waals surface area contributed by atoms with E-state index in [0.29, 0.717) is 30.2 Å². The standard InChI is InChI=1S/C16H22ClNO3/c1-12(21-14-7-3-2-6-13(14)17)11-18-15(19)10-16(20)8-4-5-9-16/h2-3,6-7,12,20H,4-5,8-11H2,1H3,(H,18,19). The van der Waals surface area contributed by atoms with E-state index in [4.69, 9.17) is 16.3 Å². The molecule has 0 spiro atoms. The van der Waals surface area contributed by atoms with Crippen LogP contribution in [0.5, 0.6) is 5.75 Å². The van der Waals surface area contributed by atoms with Crippen molar-refractivity contribution in [3.05, 3.63) is 29.3 Å². The molecule has 2 rings (SSSR count). The highest BCUT2D eigenvalue weighted by Crippen LogP contribution is 2.32. The number of carbonyl (C=O) groups is 1. The molecule has 0 saturated heterocycles. The van der Waals surface area contributed by atoms with Crippen LogP contribution in [0.2, 0.25) is 5.02 Å². The van der Waals surface area contributed by atoms with E-state index in [-0.39, 0.29) is 18.4 Å². The number of para-hydroxylation sites is 1. The Kier molecular flexibility index (Phi) is 5.48. The van der Waals surface area contributed by atoms with Crippen LogP contribution in [0.3, 0.4) is 0 Å². The lowest BCUT2D eigenvalue weighted by Crippen LogP contribution is -2.38. The van der Waals surface area contributed by atoms with Gasteiger partial charge in [0.15, 0.2) is 0 Å². The van der Waals surface area contributed by atoms with Crippen molar-refractivity contribution in [2.45, 2.75) is 50.7 Å². The Bertz CT molecular complexity index is 486. The van der Waals surface area contributed by atoms with Gasteiger partial charge < -0.3 is 15.2 Å². The average molecular weight is 312 g/mol. The van der Waals surface area contributed by atoms with E-state index in [1.807, 2.05) is 19.1 Å². The minimum atomic E-state index is -0.809. The molecular weight excluding hydrogens is 290 g/mol. The summed E-state index contributed by atoms with van der Waals surface area (Å²) in [7, 11) is 0. The third-order valence-electron chi connectivity index (χ3n) is 3.78. The number of carbonyl (C=O) groups excluding carboxylic acids is 1. The van der Waals surface area contributed by atoms with Crippen molar-refractivity contribution in [2.75, 3.05) is 6.54 Å². The highest BCUT2D eigenvalue weighted by Gasteiger charge is 2.33. The second-order valence-electron chi connectivity index (χ2n) is 5.77. The van der Waals surface area contributed by atoms with Crippen LogP contribution in [0.25, 0.3) is 0 Å². The molecule has 1 fully saturated rings. The van der Waals surface area contributed by atoms with Gasteiger partial charge in [-0.05, 0) is 31.9 Å². The van der Waals surface area contributed by atoms with Gasteiger partial charge in [-0.25, -0.2) is 0 Å². The van der Waals surface area contributed by atoms with Crippen molar-refractivity contribution in [2.24, 2.45) is 0 Å². The first-order valence-electron chi connectivity index (χ1n) is 7.39. The lowest BCUT2D eigenvalue weighted by Gasteiger charge is -2.22. The minimum absolute atomic E-state index is 0.131. The van der Waals surface area contributed by atoms with Crippen molar-refractivity contribution >= 4 is 17.5 Å². The van der Waals surface area contributed by atoms with Crippen LogP contribution < -0.4 is 10.1 Å². The first-order valence-corrected chi connectivity index (χ1v) is 7.77. The zero-order chi connectivity index (χ0) is 15.3. The van der Waals surface area contributed by atoms with Gasteiger partial charge in [0.25, 0.3) is 0 Å². The second kappa shape index (κ2) is 7.14. The van der Waals surface area contributed by atoms with Crippen LogP contribution in [0.15, 0.2) is 24.3 Å². The van der Waals surface area contributed by atoms with Gasteiger partial charge in [-0.2, -0.15) is 0 Å². The number of aliphatic hydroxyl groups is 1. The number of ether oxygens (including phenoxy) is 1. The van der Waals surface area contributed by atoms with E-state index in [1.54, 1.807) is 12.1 Å². The molecule has 1 unspecified atom stereocenters. The summed E-state index contributed by atoms with van der Waals surface area (Å²) in [5.74, 6) is 0.476. The van der Waals surface area contributed by atoms with E-state index in [0.717, 1.165) is 12.8 Å². The van der Waals surface area contributed by atoms with Crippen LogP contribution in [-0.4, -0.2) is 29.3 Å². The number of benzene rings is 1. The monoisotopic (exact) mass is 311 g/mol. The van der Waals surface area contributed by atoms with Crippen molar-refractivity contribution in [1.82, 2.24) is 5.32 Å². The Morgan fingerprint density at radius 3 is 2.76 bits per heavy atom. The van der Waals surface area contributed by atoms with Gasteiger partial charge in [-0.15, -0.1) is 0 Å². The molecule has 1 aromatic rings. The first kappa shape index (κ1) is 16.1. The number of amides is 1. The summed E-state index contributed by atoms with van der Waals surface area (Å²) < 4.78 is 5.68. The Balaban J connectivity index is 1.75. The van der Waals surface area contributed by atoms with Gasteiger partial charge in [0, 0.05) is 0 Å². The molecule has 0 heterocycles. The van der Waals surface area contributed by atoms with Crippen LogP contribution in [0.1, 0.15) is 39.0 Å². The lowest BCUT2D eigenvalue weighted by molar-refractivity contribution is -0.126. The number of rotatable bonds is 6. The molecule has 116 valence electrons. The minimum Gasteiger partial charge on any atom is -0.487 e.